The molecule has 0 bridgehead atoms. The van der Waals surface area contributed by atoms with E-state index in [0.717, 1.165) is 25.2 Å². The Morgan fingerprint density at radius 2 is 1.76 bits per heavy atom. The molecule has 2 nitrogen and oxygen atoms in total. The molecule has 0 spiro atoms. The SMILES string of the molecule is Fc1cc(N2CCNCC2)ccc1C(F)(F)F. The van der Waals surface area contributed by atoms with Gasteiger partial charge in [0.25, 0.3) is 0 Å². The summed E-state index contributed by atoms with van der Waals surface area (Å²) in [6, 6.07) is 3.07. The molecule has 0 aromatic heterocycles. The van der Waals surface area contributed by atoms with Gasteiger partial charge in [-0.1, -0.05) is 0 Å². The lowest BCUT2D eigenvalue weighted by Gasteiger charge is -2.29. The summed E-state index contributed by atoms with van der Waals surface area (Å²) >= 11 is 0. The maximum absolute atomic E-state index is 13.3. The minimum atomic E-state index is -4.63. The maximum atomic E-state index is 13.3. The Hall–Kier alpha value is -1.30. The molecule has 0 unspecified atom stereocenters. The number of nitrogens with one attached hydrogen (secondary N) is 1. The number of benzene rings is 1. The number of rotatable bonds is 1. The van der Waals surface area contributed by atoms with Crippen molar-refractivity contribution in [2.24, 2.45) is 0 Å². The summed E-state index contributed by atoms with van der Waals surface area (Å²) in [7, 11) is 0. The highest BCUT2D eigenvalue weighted by molar-refractivity contribution is 5.49. The zero-order valence-electron chi connectivity index (χ0n) is 9.02. The van der Waals surface area contributed by atoms with Crippen molar-refractivity contribution in [2.75, 3.05) is 31.1 Å². The maximum Gasteiger partial charge on any atom is 0.419 e. The van der Waals surface area contributed by atoms with E-state index in [0.29, 0.717) is 18.8 Å². The van der Waals surface area contributed by atoms with Crippen LogP contribution in [0.15, 0.2) is 18.2 Å². The lowest BCUT2D eigenvalue weighted by Crippen LogP contribution is -2.43. The molecule has 94 valence electrons. The molecule has 2 rings (SSSR count). The fourth-order valence-electron chi connectivity index (χ4n) is 1.85. The molecule has 1 aromatic rings. The molecule has 1 fully saturated rings. The molecular weight excluding hydrogens is 236 g/mol. The molecule has 1 heterocycles. The minimum Gasteiger partial charge on any atom is -0.369 e. The first-order valence-electron chi connectivity index (χ1n) is 5.31. The summed E-state index contributed by atoms with van der Waals surface area (Å²) in [6.45, 7) is 2.85. The number of halogens is 4. The minimum absolute atomic E-state index is 0.497. The molecule has 17 heavy (non-hydrogen) atoms. The summed E-state index contributed by atoms with van der Waals surface area (Å²) in [6.07, 6.45) is -4.63. The normalized spacial score (nSPS) is 17.3. The highest BCUT2D eigenvalue weighted by atomic mass is 19.4. The van der Waals surface area contributed by atoms with Gasteiger partial charge in [0.05, 0.1) is 5.56 Å². The van der Waals surface area contributed by atoms with E-state index >= 15 is 0 Å². The van der Waals surface area contributed by atoms with Crippen molar-refractivity contribution in [3.05, 3.63) is 29.6 Å². The van der Waals surface area contributed by atoms with E-state index < -0.39 is 17.6 Å². The van der Waals surface area contributed by atoms with Crippen LogP contribution in [-0.4, -0.2) is 26.2 Å². The molecule has 0 saturated carbocycles. The molecule has 0 aliphatic carbocycles. The van der Waals surface area contributed by atoms with Gasteiger partial charge in [0.15, 0.2) is 0 Å². The second kappa shape index (κ2) is 4.52. The molecule has 0 radical (unpaired) electrons. The highest BCUT2D eigenvalue weighted by Gasteiger charge is 2.34. The van der Waals surface area contributed by atoms with Gasteiger partial charge in [0, 0.05) is 31.9 Å². The Bertz CT molecular complexity index is 397. The Morgan fingerprint density at radius 3 is 2.29 bits per heavy atom. The van der Waals surface area contributed by atoms with Crippen LogP contribution in [0.25, 0.3) is 0 Å². The third kappa shape index (κ3) is 2.69. The Morgan fingerprint density at radius 1 is 1.12 bits per heavy atom. The number of anilines is 1. The molecule has 1 aliphatic rings. The van der Waals surface area contributed by atoms with E-state index in [1.807, 2.05) is 4.90 Å². The second-order valence-electron chi connectivity index (χ2n) is 3.90. The van der Waals surface area contributed by atoms with Crippen LogP contribution in [0.2, 0.25) is 0 Å². The summed E-state index contributed by atoms with van der Waals surface area (Å²) in [4.78, 5) is 1.86. The highest BCUT2D eigenvalue weighted by Crippen LogP contribution is 2.33. The standard InChI is InChI=1S/C11H12F4N2/c12-10-7-8(17-5-3-16-4-6-17)1-2-9(10)11(13,14)15/h1-2,7,16H,3-6H2. The van der Waals surface area contributed by atoms with Gasteiger partial charge in [0.1, 0.15) is 5.82 Å². The number of hydrogen-bond acceptors (Lipinski definition) is 2. The van der Waals surface area contributed by atoms with Crippen molar-refractivity contribution >= 4 is 5.69 Å². The number of nitrogens with zero attached hydrogens (tertiary/aromatic N) is 1. The summed E-state index contributed by atoms with van der Waals surface area (Å²) < 4.78 is 50.4. The van der Waals surface area contributed by atoms with Crippen molar-refractivity contribution in [2.45, 2.75) is 6.18 Å². The molecule has 1 aromatic carbocycles. The first-order valence-corrected chi connectivity index (χ1v) is 5.31. The van der Waals surface area contributed by atoms with Crippen LogP contribution in [0, 0.1) is 5.82 Å². The number of piperazine rings is 1. The van der Waals surface area contributed by atoms with Crippen molar-refractivity contribution in [3.8, 4) is 0 Å². The van der Waals surface area contributed by atoms with Crippen LogP contribution in [0.5, 0.6) is 0 Å². The monoisotopic (exact) mass is 248 g/mol. The molecule has 1 N–H and O–H groups in total. The van der Waals surface area contributed by atoms with Gasteiger partial charge >= 0.3 is 6.18 Å². The van der Waals surface area contributed by atoms with E-state index in [9.17, 15) is 17.6 Å². The molecule has 1 aliphatic heterocycles. The Kier molecular flexibility index (Phi) is 3.24. The van der Waals surface area contributed by atoms with Crippen LogP contribution in [-0.2, 0) is 6.18 Å². The van der Waals surface area contributed by atoms with Crippen molar-refractivity contribution in [1.29, 1.82) is 0 Å². The number of alkyl halides is 3. The predicted octanol–water partition coefficient (Wildman–Crippen LogP) is 2.25. The van der Waals surface area contributed by atoms with E-state index in [1.165, 1.54) is 6.07 Å². The average molecular weight is 248 g/mol. The van der Waals surface area contributed by atoms with Crippen LogP contribution in [0.1, 0.15) is 5.56 Å². The lowest BCUT2D eigenvalue weighted by molar-refractivity contribution is -0.139. The third-order valence-corrected chi connectivity index (χ3v) is 2.74. The van der Waals surface area contributed by atoms with Gasteiger partial charge in [-0.25, -0.2) is 4.39 Å². The van der Waals surface area contributed by atoms with Gasteiger partial charge in [0.2, 0.25) is 0 Å². The quantitative estimate of drug-likeness (QED) is 0.767. The van der Waals surface area contributed by atoms with Gasteiger partial charge in [-0.3, -0.25) is 0 Å². The Labute approximate surface area is 96.2 Å². The smallest absolute Gasteiger partial charge is 0.369 e. The first kappa shape index (κ1) is 12.2. The molecular formula is C11H12F4N2. The topological polar surface area (TPSA) is 15.3 Å². The summed E-state index contributed by atoms with van der Waals surface area (Å²) in [5.74, 6) is -1.21. The fraction of sp³-hybridized carbons (Fsp3) is 0.455. The summed E-state index contributed by atoms with van der Waals surface area (Å²) in [5, 5.41) is 3.12. The van der Waals surface area contributed by atoms with Crippen LogP contribution in [0.3, 0.4) is 0 Å². The van der Waals surface area contributed by atoms with Gasteiger partial charge in [-0.15, -0.1) is 0 Å². The zero-order valence-corrected chi connectivity index (χ0v) is 9.02. The average Bonchev–Trinajstić information content (AvgIpc) is 2.28. The number of hydrogen-bond donors (Lipinski definition) is 1. The van der Waals surface area contributed by atoms with Crippen LogP contribution < -0.4 is 10.2 Å². The first-order chi connectivity index (χ1) is 7.98. The molecule has 6 heteroatoms. The summed E-state index contributed by atoms with van der Waals surface area (Å²) in [5.41, 5.74) is -0.714. The van der Waals surface area contributed by atoms with Crippen molar-refractivity contribution < 1.29 is 17.6 Å². The van der Waals surface area contributed by atoms with Crippen molar-refractivity contribution in [1.82, 2.24) is 5.32 Å². The van der Waals surface area contributed by atoms with Crippen LogP contribution in [0.4, 0.5) is 23.2 Å². The lowest BCUT2D eigenvalue weighted by atomic mass is 10.1. The van der Waals surface area contributed by atoms with E-state index in [-0.39, 0.29) is 0 Å². The van der Waals surface area contributed by atoms with Crippen molar-refractivity contribution in [3.63, 3.8) is 0 Å². The predicted molar refractivity (Wildman–Crippen MR) is 56.5 cm³/mol. The molecule has 0 amide bonds. The van der Waals surface area contributed by atoms with E-state index in [4.69, 9.17) is 0 Å². The fourth-order valence-corrected chi connectivity index (χ4v) is 1.85. The third-order valence-electron chi connectivity index (χ3n) is 2.74. The van der Waals surface area contributed by atoms with Crippen LogP contribution >= 0.6 is 0 Å². The van der Waals surface area contributed by atoms with Gasteiger partial charge < -0.3 is 10.2 Å². The van der Waals surface area contributed by atoms with E-state index in [2.05, 4.69) is 5.32 Å². The largest absolute Gasteiger partial charge is 0.419 e. The van der Waals surface area contributed by atoms with Gasteiger partial charge in [-0.2, -0.15) is 13.2 Å². The van der Waals surface area contributed by atoms with Gasteiger partial charge in [-0.05, 0) is 18.2 Å². The second-order valence-corrected chi connectivity index (χ2v) is 3.90. The molecule has 1 saturated heterocycles. The van der Waals surface area contributed by atoms with E-state index in [1.54, 1.807) is 0 Å². The molecule has 0 atom stereocenters. The Balaban J connectivity index is 2.24. The zero-order chi connectivity index (χ0) is 12.5.